The number of rotatable bonds is 9. The van der Waals surface area contributed by atoms with Gasteiger partial charge in [-0.15, -0.1) is 10.2 Å². The number of aromatic nitrogens is 3. The van der Waals surface area contributed by atoms with Crippen molar-refractivity contribution >= 4 is 23.4 Å². The fraction of sp³-hybridized carbons (Fsp3) is 0.125. The second-order valence-corrected chi connectivity index (χ2v) is 7.91. The Morgan fingerprint density at radius 3 is 2.27 bits per heavy atom. The Morgan fingerprint density at radius 2 is 1.61 bits per heavy atom. The second-order valence-electron chi connectivity index (χ2n) is 6.97. The molecule has 1 heterocycles. The van der Waals surface area contributed by atoms with Crippen molar-refractivity contribution in [3.8, 4) is 11.4 Å². The zero-order chi connectivity index (χ0) is 23.0. The molecule has 1 amide bonds. The molecule has 0 spiro atoms. The summed E-state index contributed by atoms with van der Waals surface area (Å²) >= 11 is 1.27. The summed E-state index contributed by atoms with van der Waals surface area (Å²) in [7, 11) is 0. The highest BCUT2D eigenvalue weighted by Crippen LogP contribution is 2.24. The predicted molar refractivity (Wildman–Crippen MR) is 123 cm³/mol. The summed E-state index contributed by atoms with van der Waals surface area (Å²) in [4.78, 5) is 12.5. The molecule has 0 bridgehead atoms. The van der Waals surface area contributed by atoms with Crippen molar-refractivity contribution in [1.82, 2.24) is 14.8 Å². The van der Waals surface area contributed by atoms with Gasteiger partial charge < -0.3 is 10.1 Å². The van der Waals surface area contributed by atoms with Gasteiger partial charge in [0.05, 0.1) is 5.75 Å². The predicted octanol–water partition coefficient (Wildman–Crippen LogP) is 5.19. The number of alkyl halides is 2. The van der Waals surface area contributed by atoms with Crippen molar-refractivity contribution in [3.63, 3.8) is 0 Å². The third-order valence-electron chi connectivity index (χ3n) is 4.62. The van der Waals surface area contributed by atoms with E-state index in [-0.39, 0.29) is 17.4 Å². The Bertz CT molecular complexity index is 1190. The molecule has 168 valence electrons. The number of thioether (sulfide) groups is 1. The second kappa shape index (κ2) is 10.7. The third kappa shape index (κ3) is 6.17. The van der Waals surface area contributed by atoms with Crippen molar-refractivity contribution in [2.24, 2.45) is 0 Å². The molecule has 0 saturated carbocycles. The number of halogens is 2. The van der Waals surface area contributed by atoms with E-state index in [1.54, 1.807) is 0 Å². The molecular formula is C24H20F2N4O2S. The first-order valence-corrected chi connectivity index (χ1v) is 11.1. The van der Waals surface area contributed by atoms with Gasteiger partial charge in [-0.25, -0.2) is 0 Å². The standard InChI is InChI=1S/C24H20F2N4O2S/c25-23(26)32-20-13-11-18(12-14-20)27-22(31)16-33-24-29-28-21(15-17-7-3-1-4-8-17)30(24)19-9-5-2-6-10-19/h1-14,23H,15-16H2,(H,27,31). The van der Waals surface area contributed by atoms with E-state index in [0.29, 0.717) is 17.3 Å². The summed E-state index contributed by atoms with van der Waals surface area (Å²) in [6.07, 6.45) is 0.600. The number of amides is 1. The van der Waals surface area contributed by atoms with E-state index in [1.807, 2.05) is 65.2 Å². The fourth-order valence-corrected chi connectivity index (χ4v) is 3.94. The first kappa shape index (κ1) is 22.5. The van der Waals surface area contributed by atoms with Crippen LogP contribution in [0.25, 0.3) is 5.69 Å². The molecule has 4 rings (SSSR count). The maximum absolute atomic E-state index is 12.5. The molecule has 1 aromatic heterocycles. The number of para-hydroxylation sites is 1. The topological polar surface area (TPSA) is 69.0 Å². The number of hydrogen-bond donors (Lipinski definition) is 1. The Kier molecular flexibility index (Phi) is 7.31. The van der Waals surface area contributed by atoms with Gasteiger partial charge in [0.25, 0.3) is 0 Å². The fourth-order valence-electron chi connectivity index (χ4n) is 3.17. The van der Waals surface area contributed by atoms with Crippen molar-refractivity contribution < 1.29 is 18.3 Å². The lowest BCUT2D eigenvalue weighted by Gasteiger charge is -2.11. The Labute approximate surface area is 193 Å². The first-order valence-electron chi connectivity index (χ1n) is 10.1. The molecule has 0 saturated heterocycles. The number of anilines is 1. The smallest absolute Gasteiger partial charge is 0.387 e. The molecule has 0 radical (unpaired) electrons. The number of carbonyl (C=O) groups excluding carboxylic acids is 1. The van der Waals surface area contributed by atoms with Crippen LogP contribution in [0, 0.1) is 0 Å². The number of nitrogens with zero attached hydrogens (tertiary/aromatic N) is 3. The summed E-state index contributed by atoms with van der Waals surface area (Å²) in [6.45, 7) is -2.89. The van der Waals surface area contributed by atoms with Crippen molar-refractivity contribution in [2.45, 2.75) is 18.2 Å². The maximum Gasteiger partial charge on any atom is 0.387 e. The average molecular weight is 467 g/mol. The molecule has 0 fully saturated rings. The highest BCUT2D eigenvalue weighted by atomic mass is 32.2. The van der Waals surface area contributed by atoms with Crippen LogP contribution >= 0.6 is 11.8 Å². The van der Waals surface area contributed by atoms with Gasteiger partial charge >= 0.3 is 6.61 Å². The molecule has 6 nitrogen and oxygen atoms in total. The number of nitrogens with one attached hydrogen (secondary N) is 1. The SMILES string of the molecule is O=C(CSc1nnc(Cc2ccccc2)n1-c1ccccc1)Nc1ccc(OC(F)F)cc1. The van der Waals surface area contributed by atoms with E-state index in [2.05, 4.69) is 20.3 Å². The summed E-state index contributed by atoms with van der Waals surface area (Å²) < 4.78 is 30.8. The lowest BCUT2D eigenvalue weighted by atomic mass is 10.1. The third-order valence-corrected chi connectivity index (χ3v) is 5.54. The van der Waals surface area contributed by atoms with Gasteiger partial charge in [0, 0.05) is 17.8 Å². The van der Waals surface area contributed by atoms with E-state index in [9.17, 15) is 13.6 Å². The Hall–Kier alpha value is -3.72. The van der Waals surface area contributed by atoms with Crippen molar-refractivity contribution in [1.29, 1.82) is 0 Å². The summed E-state index contributed by atoms with van der Waals surface area (Å²) in [5, 5.41) is 12.0. The van der Waals surface area contributed by atoms with Crippen LogP contribution in [-0.4, -0.2) is 33.0 Å². The number of hydrogen-bond acceptors (Lipinski definition) is 5. The van der Waals surface area contributed by atoms with Gasteiger partial charge in [-0.3, -0.25) is 9.36 Å². The molecule has 0 unspecified atom stereocenters. The highest BCUT2D eigenvalue weighted by molar-refractivity contribution is 7.99. The molecule has 33 heavy (non-hydrogen) atoms. The van der Waals surface area contributed by atoms with Crippen LogP contribution in [-0.2, 0) is 11.2 Å². The van der Waals surface area contributed by atoms with Crippen LogP contribution in [0.1, 0.15) is 11.4 Å². The van der Waals surface area contributed by atoms with Gasteiger partial charge in [-0.2, -0.15) is 8.78 Å². The van der Waals surface area contributed by atoms with Crippen LogP contribution in [0.15, 0.2) is 90.1 Å². The summed E-state index contributed by atoms with van der Waals surface area (Å²) in [6, 6.07) is 25.5. The minimum absolute atomic E-state index is 0.0271. The normalized spacial score (nSPS) is 10.9. The molecule has 0 aliphatic heterocycles. The van der Waals surface area contributed by atoms with Gasteiger partial charge in [-0.05, 0) is 42.0 Å². The summed E-state index contributed by atoms with van der Waals surface area (Å²) in [5.41, 5.74) is 2.50. The van der Waals surface area contributed by atoms with Crippen LogP contribution in [0.5, 0.6) is 5.75 Å². The van der Waals surface area contributed by atoms with E-state index in [1.165, 1.54) is 36.0 Å². The number of ether oxygens (including phenoxy) is 1. The zero-order valence-corrected chi connectivity index (χ0v) is 18.2. The molecule has 1 N–H and O–H groups in total. The van der Waals surface area contributed by atoms with Crippen LogP contribution in [0.3, 0.4) is 0 Å². The molecular weight excluding hydrogens is 446 g/mol. The number of benzene rings is 3. The molecule has 0 aliphatic carbocycles. The zero-order valence-electron chi connectivity index (χ0n) is 17.4. The van der Waals surface area contributed by atoms with Crippen molar-refractivity contribution in [2.75, 3.05) is 11.1 Å². The molecule has 9 heteroatoms. The lowest BCUT2D eigenvalue weighted by molar-refractivity contribution is -0.113. The molecule has 3 aromatic carbocycles. The number of carbonyl (C=O) groups is 1. The monoisotopic (exact) mass is 466 g/mol. The van der Waals surface area contributed by atoms with E-state index in [0.717, 1.165) is 17.1 Å². The Balaban J connectivity index is 1.45. The molecule has 0 aliphatic rings. The van der Waals surface area contributed by atoms with Gasteiger partial charge in [0.15, 0.2) is 5.16 Å². The Morgan fingerprint density at radius 1 is 0.939 bits per heavy atom. The average Bonchev–Trinajstić information content (AvgIpc) is 3.22. The quantitative estimate of drug-likeness (QED) is 0.344. The van der Waals surface area contributed by atoms with Crippen LogP contribution < -0.4 is 10.1 Å². The summed E-state index contributed by atoms with van der Waals surface area (Å²) in [5.74, 6) is 0.643. The molecule has 0 atom stereocenters. The van der Waals surface area contributed by atoms with Crippen molar-refractivity contribution in [3.05, 3.63) is 96.3 Å². The minimum Gasteiger partial charge on any atom is -0.435 e. The van der Waals surface area contributed by atoms with Gasteiger partial charge in [0.2, 0.25) is 5.91 Å². The van der Waals surface area contributed by atoms with E-state index >= 15 is 0 Å². The van der Waals surface area contributed by atoms with Crippen LogP contribution in [0.2, 0.25) is 0 Å². The lowest BCUT2D eigenvalue weighted by Crippen LogP contribution is -2.14. The van der Waals surface area contributed by atoms with E-state index in [4.69, 9.17) is 0 Å². The minimum atomic E-state index is -2.89. The van der Waals surface area contributed by atoms with Gasteiger partial charge in [0.1, 0.15) is 11.6 Å². The van der Waals surface area contributed by atoms with Gasteiger partial charge in [-0.1, -0.05) is 60.3 Å². The first-order chi connectivity index (χ1) is 16.1. The maximum atomic E-state index is 12.5. The highest BCUT2D eigenvalue weighted by Gasteiger charge is 2.16. The van der Waals surface area contributed by atoms with E-state index < -0.39 is 6.61 Å². The largest absolute Gasteiger partial charge is 0.435 e. The molecule has 4 aromatic rings. The van der Waals surface area contributed by atoms with Crippen LogP contribution in [0.4, 0.5) is 14.5 Å².